The van der Waals surface area contributed by atoms with Crippen molar-refractivity contribution in [2.24, 2.45) is 0 Å². The molecule has 6 heteroatoms. The Hall–Kier alpha value is -1.11. The van der Waals surface area contributed by atoms with E-state index < -0.39 is 12.1 Å². The maximum Gasteiger partial charge on any atom is 0.373 e. The number of hydrogen-bond acceptors (Lipinski definition) is 4. The summed E-state index contributed by atoms with van der Waals surface area (Å²) in [6.07, 6.45) is -0.942. The fourth-order valence-electron chi connectivity index (χ4n) is 1.56. The monoisotopic (exact) mass is 388 g/mol. The minimum absolute atomic E-state index is 0.0627. The van der Waals surface area contributed by atoms with E-state index in [1.54, 1.807) is 18.2 Å². The van der Waals surface area contributed by atoms with Gasteiger partial charge in [0, 0.05) is 8.95 Å². The molecule has 19 heavy (non-hydrogen) atoms. The first-order chi connectivity index (χ1) is 9.02. The van der Waals surface area contributed by atoms with Gasteiger partial charge in [-0.25, -0.2) is 4.79 Å². The molecule has 2 rings (SSSR count). The van der Waals surface area contributed by atoms with Crippen molar-refractivity contribution in [3.05, 3.63) is 56.4 Å². The third kappa shape index (κ3) is 3.08. The number of halogens is 2. The molecule has 0 radical (unpaired) electrons. The maximum atomic E-state index is 11.3. The van der Waals surface area contributed by atoms with Crippen molar-refractivity contribution in [2.75, 3.05) is 7.11 Å². The first kappa shape index (κ1) is 14.3. The number of benzene rings is 1. The molecular formula is C13H10Br2O4. The van der Waals surface area contributed by atoms with Crippen LogP contribution < -0.4 is 0 Å². The number of carbonyl (C=O) groups excluding carboxylic acids is 1. The predicted molar refractivity (Wildman–Crippen MR) is 76.0 cm³/mol. The first-order valence-electron chi connectivity index (χ1n) is 5.34. The molecule has 100 valence electrons. The zero-order valence-corrected chi connectivity index (χ0v) is 13.1. The molecule has 0 saturated carbocycles. The van der Waals surface area contributed by atoms with E-state index in [1.165, 1.54) is 13.2 Å². The second-order valence-corrected chi connectivity index (χ2v) is 5.48. The average molecular weight is 390 g/mol. The quantitative estimate of drug-likeness (QED) is 0.813. The Morgan fingerprint density at radius 1 is 1.26 bits per heavy atom. The van der Waals surface area contributed by atoms with Gasteiger partial charge in [0.25, 0.3) is 0 Å². The van der Waals surface area contributed by atoms with Crippen molar-refractivity contribution >= 4 is 37.8 Å². The van der Waals surface area contributed by atoms with Crippen LogP contribution in [0.4, 0.5) is 0 Å². The maximum absolute atomic E-state index is 11.3. The smallest absolute Gasteiger partial charge is 0.373 e. The number of aliphatic hydroxyl groups is 1. The van der Waals surface area contributed by atoms with Gasteiger partial charge in [-0.1, -0.05) is 6.07 Å². The highest BCUT2D eigenvalue weighted by molar-refractivity contribution is 9.13. The van der Waals surface area contributed by atoms with Gasteiger partial charge in [0.2, 0.25) is 5.76 Å². The van der Waals surface area contributed by atoms with Crippen molar-refractivity contribution in [3.8, 4) is 0 Å². The van der Waals surface area contributed by atoms with E-state index in [2.05, 4.69) is 36.6 Å². The molecule has 2 aromatic rings. The summed E-state index contributed by atoms with van der Waals surface area (Å²) < 4.78 is 11.5. The average Bonchev–Trinajstić information content (AvgIpc) is 2.89. The van der Waals surface area contributed by atoms with Gasteiger partial charge in [0.15, 0.2) is 0 Å². The van der Waals surface area contributed by atoms with E-state index in [9.17, 15) is 9.90 Å². The Morgan fingerprint density at radius 3 is 2.63 bits per heavy atom. The van der Waals surface area contributed by atoms with Crippen LogP contribution in [0.25, 0.3) is 0 Å². The molecule has 0 aliphatic rings. The molecule has 1 heterocycles. The lowest BCUT2D eigenvalue weighted by Gasteiger charge is -2.09. The first-order valence-corrected chi connectivity index (χ1v) is 6.92. The molecule has 0 fully saturated rings. The highest BCUT2D eigenvalue weighted by Gasteiger charge is 2.18. The summed E-state index contributed by atoms with van der Waals surface area (Å²) in [5, 5.41) is 10.2. The number of aliphatic hydroxyl groups excluding tert-OH is 1. The van der Waals surface area contributed by atoms with Gasteiger partial charge in [-0.15, -0.1) is 0 Å². The molecule has 1 aromatic carbocycles. The summed E-state index contributed by atoms with van der Waals surface area (Å²) in [6.45, 7) is 0. The third-order valence-corrected chi connectivity index (χ3v) is 4.42. The number of esters is 1. The normalized spacial score (nSPS) is 12.2. The second kappa shape index (κ2) is 5.90. The van der Waals surface area contributed by atoms with Gasteiger partial charge in [-0.2, -0.15) is 0 Å². The second-order valence-electron chi connectivity index (χ2n) is 3.77. The van der Waals surface area contributed by atoms with Crippen molar-refractivity contribution < 1.29 is 19.1 Å². The van der Waals surface area contributed by atoms with Crippen LogP contribution in [-0.2, 0) is 4.74 Å². The van der Waals surface area contributed by atoms with Crippen LogP contribution in [0.2, 0.25) is 0 Å². The van der Waals surface area contributed by atoms with Crippen LogP contribution in [0.3, 0.4) is 0 Å². The van der Waals surface area contributed by atoms with E-state index in [-0.39, 0.29) is 11.5 Å². The molecule has 0 aliphatic carbocycles. The fraction of sp³-hybridized carbons (Fsp3) is 0.154. The van der Waals surface area contributed by atoms with Crippen LogP contribution in [0.5, 0.6) is 0 Å². The fourth-order valence-corrected chi connectivity index (χ4v) is 2.20. The number of hydrogen-bond donors (Lipinski definition) is 1. The van der Waals surface area contributed by atoms with Crippen molar-refractivity contribution in [2.45, 2.75) is 6.10 Å². The molecule has 4 nitrogen and oxygen atoms in total. The zero-order valence-electron chi connectivity index (χ0n) is 9.89. The van der Waals surface area contributed by atoms with Crippen molar-refractivity contribution in [1.29, 1.82) is 0 Å². The van der Waals surface area contributed by atoms with Crippen LogP contribution in [0, 0.1) is 0 Å². The van der Waals surface area contributed by atoms with Gasteiger partial charge in [-0.3, -0.25) is 0 Å². The van der Waals surface area contributed by atoms with E-state index in [4.69, 9.17) is 4.42 Å². The van der Waals surface area contributed by atoms with Crippen molar-refractivity contribution in [3.63, 3.8) is 0 Å². The van der Waals surface area contributed by atoms with Gasteiger partial charge in [-0.05, 0) is 61.7 Å². The molecule has 0 bridgehead atoms. The highest BCUT2D eigenvalue weighted by atomic mass is 79.9. The molecule has 0 amide bonds. The Kier molecular flexibility index (Phi) is 4.44. The lowest BCUT2D eigenvalue weighted by Crippen LogP contribution is -2.00. The Morgan fingerprint density at radius 2 is 2.00 bits per heavy atom. The molecule has 0 spiro atoms. The predicted octanol–water partition coefficient (Wildman–Crippen LogP) is 3.67. The Balaban J connectivity index is 2.28. The third-order valence-electron chi connectivity index (χ3n) is 2.54. The number of rotatable bonds is 3. The summed E-state index contributed by atoms with van der Waals surface area (Å²) in [7, 11) is 1.27. The van der Waals surface area contributed by atoms with Gasteiger partial charge in [0.05, 0.1) is 7.11 Å². The summed E-state index contributed by atoms with van der Waals surface area (Å²) >= 11 is 6.72. The number of ether oxygens (including phenoxy) is 1. The van der Waals surface area contributed by atoms with Crippen molar-refractivity contribution in [1.82, 2.24) is 0 Å². The minimum Gasteiger partial charge on any atom is -0.463 e. The standard InChI is InChI=1S/C13H10Br2O4/c1-18-13(17)11-5-4-10(19-11)12(16)7-2-3-8(14)9(15)6-7/h2-6,12,16H,1H3. The number of furan rings is 1. The number of methoxy groups -OCH3 is 1. The van der Waals surface area contributed by atoms with E-state index in [0.717, 1.165) is 8.95 Å². The summed E-state index contributed by atoms with van der Waals surface area (Å²) in [4.78, 5) is 11.3. The summed E-state index contributed by atoms with van der Waals surface area (Å²) in [6, 6.07) is 8.37. The number of carbonyl (C=O) groups is 1. The minimum atomic E-state index is -0.942. The summed E-state index contributed by atoms with van der Waals surface area (Å²) in [5.41, 5.74) is 0.654. The molecule has 1 atom stereocenters. The van der Waals surface area contributed by atoms with Gasteiger partial charge < -0.3 is 14.3 Å². The van der Waals surface area contributed by atoms with Crippen LogP contribution in [-0.4, -0.2) is 18.2 Å². The molecule has 0 aliphatic heterocycles. The van der Waals surface area contributed by atoms with Crippen LogP contribution in [0.1, 0.15) is 28.0 Å². The molecule has 1 unspecified atom stereocenters. The topological polar surface area (TPSA) is 59.7 Å². The SMILES string of the molecule is COC(=O)c1ccc(C(O)c2ccc(Br)c(Br)c2)o1. The summed E-state index contributed by atoms with van der Waals surface area (Å²) in [5.74, 6) is -0.224. The molecular weight excluding hydrogens is 380 g/mol. The van der Waals surface area contributed by atoms with E-state index in [1.807, 2.05) is 6.07 Å². The highest BCUT2D eigenvalue weighted by Crippen LogP contribution is 2.30. The van der Waals surface area contributed by atoms with Gasteiger partial charge in [0.1, 0.15) is 11.9 Å². The van der Waals surface area contributed by atoms with E-state index in [0.29, 0.717) is 5.56 Å². The molecule has 0 saturated heterocycles. The zero-order chi connectivity index (χ0) is 14.0. The molecule has 1 N–H and O–H groups in total. The van der Waals surface area contributed by atoms with Crippen LogP contribution in [0.15, 0.2) is 43.7 Å². The molecule has 1 aromatic heterocycles. The van der Waals surface area contributed by atoms with E-state index >= 15 is 0 Å². The largest absolute Gasteiger partial charge is 0.463 e. The lowest BCUT2D eigenvalue weighted by atomic mass is 10.1. The van der Waals surface area contributed by atoms with Gasteiger partial charge >= 0.3 is 5.97 Å². The van der Waals surface area contributed by atoms with Crippen LogP contribution >= 0.6 is 31.9 Å². The lowest BCUT2D eigenvalue weighted by molar-refractivity contribution is 0.0558. The Bertz CT molecular complexity index is 606. The Labute approximate surface area is 126 Å².